The highest BCUT2D eigenvalue weighted by Crippen LogP contribution is 2.24. The van der Waals surface area contributed by atoms with Gasteiger partial charge in [-0.1, -0.05) is 48.5 Å². The van der Waals surface area contributed by atoms with Gasteiger partial charge in [-0.25, -0.2) is 13.4 Å². The standard InChI is InChI=1S/C23H31N3O3S2/c1-23(2,3)26(17-19-10-6-4-7-11-19)22(27)18-30-21-13-12-20(16-24-21)31(28,29)25-14-8-5-9-15-25/h4,6-7,10-13,16H,5,8-9,14-15,17-18H2,1-3H3. The fourth-order valence-corrected chi connectivity index (χ4v) is 5.72. The molecule has 31 heavy (non-hydrogen) atoms. The molecule has 0 aliphatic carbocycles. The predicted octanol–water partition coefficient (Wildman–Crippen LogP) is 4.18. The first-order valence-corrected chi connectivity index (χ1v) is 13.0. The van der Waals surface area contributed by atoms with E-state index in [9.17, 15) is 13.2 Å². The number of hydrogen-bond donors (Lipinski definition) is 0. The lowest BCUT2D eigenvalue weighted by molar-refractivity contribution is -0.133. The highest BCUT2D eigenvalue weighted by Gasteiger charge is 2.28. The van der Waals surface area contributed by atoms with Crippen molar-refractivity contribution in [1.82, 2.24) is 14.2 Å². The first kappa shape index (κ1) is 23.8. The van der Waals surface area contributed by atoms with Crippen LogP contribution in [0, 0.1) is 0 Å². The zero-order valence-corrected chi connectivity index (χ0v) is 20.1. The number of amides is 1. The molecular weight excluding hydrogens is 430 g/mol. The highest BCUT2D eigenvalue weighted by molar-refractivity contribution is 7.99. The van der Waals surface area contributed by atoms with Gasteiger partial charge in [0.05, 0.1) is 10.8 Å². The van der Waals surface area contributed by atoms with Crippen LogP contribution in [-0.2, 0) is 21.4 Å². The first-order valence-electron chi connectivity index (χ1n) is 10.6. The molecule has 1 aromatic heterocycles. The maximum Gasteiger partial charge on any atom is 0.244 e. The van der Waals surface area contributed by atoms with Gasteiger partial charge in [-0.2, -0.15) is 4.31 Å². The predicted molar refractivity (Wildman–Crippen MR) is 124 cm³/mol. The van der Waals surface area contributed by atoms with Crippen LogP contribution >= 0.6 is 11.8 Å². The van der Waals surface area contributed by atoms with Gasteiger partial charge < -0.3 is 4.90 Å². The van der Waals surface area contributed by atoms with Gasteiger partial charge in [-0.3, -0.25) is 4.79 Å². The Kier molecular flexibility index (Phi) is 7.78. The van der Waals surface area contributed by atoms with Crippen molar-refractivity contribution in [3.8, 4) is 0 Å². The topological polar surface area (TPSA) is 70.6 Å². The van der Waals surface area contributed by atoms with E-state index < -0.39 is 10.0 Å². The lowest BCUT2D eigenvalue weighted by Gasteiger charge is -2.36. The quantitative estimate of drug-likeness (QED) is 0.579. The zero-order valence-electron chi connectivity index (χ0n) is 18.5. The molecule has 0 spiro atoms. The van der Waals surface area contributed by atoms with E-state index >= 15 is 0 Å². The SMILES string of the molecule is CC(C)(C)N(Cc1ccccc1)C(=O)CSc1ccc(S(=O)(=O)N2CCCCC2)cn1. The van der Waals surface area contributed by atoms with E-state index in [0.29, 0.717) is 24.7 Å². The van der Waals surface area contributed by atoms with E-state index in [1.165, 1.54) is 22.3 Å². The van der Waals surface area contributed by atoms with Crippen molar-refractivity contribution >= 4 is 27.7 Å². The Morgan fingerprint density at radius 1 is 1.06 bits per heavy atom. The largest absolute Gasteiger partial charge is 0.333 e. The van der Waals surface area contributed by atoms with Crippen LogP contribution in [0.15, 0.2) is 58.6 Å². The van der Waals surface area contributed by atoms with Crippen molar-refractivity contribution < 1.29 is 13.2 Å². The molecule has 1 aromatic carbocycles. The molecule has 0 saturated carbocycles. The van der Waals surface area contributed by atoms with Crippen LogP contribution in [0.1, 0.15) is 45.6 Å². The number of rotatable bonds is 7. The molecule has 1 aliphatic heterocycles. The average Bonchev–Trinajstić information content (AvgIpc) is 2.76. The molecule has 8 heteroatoms. The summed E-state index contributed by atoms with van der Waals surface area (Å²) < 4.78 is 27.0. The number of carbonyl (C=O) groups is 1. The fraction of sp³-hybridized carbons (Fsp3) is 0.478. The third kappa shape index (κ3) is 6.30. The number of nitrogens with zero attached hydrogens (tertiary/aromatic N) is 3. The molecule has 168 valence electrons. The monoisotopic (exact) mass is 461 g/mol. The number of benzene rings is 1. The van der Waals surface area contributed by atoms with Gasteiger partial charge in [-0.05, 0) is 51.3 Å². The number of pyridine rings is 1. The summed E-state index contributed by atoms with van der Waals surface area (Å²) in [7, 11) is -3.49. The van der Waals surface area contributed by atoms with Crippen LogP contribution in [0.25, 0.3) is 0 Å². The average molecular weight is 462 g/mol. The molecule has 0 N–H and O–H groups in total. The van der Waals surface area contributed by atoms with Gasteiger partial charge in [0.2, 0.25) is 15.9 Å². The van der Waals surface area contributed by atoms with Crippen LogP contribution in [0.3, 0.4) is 0 Å². The van der Waals surface area contributed by atoms with E-state index in [1.807, 2.05) is 56.0 Å². The molecule has 1 amide bonds. The minimum Gasteiger partial charge on any atom is -0.333 e. The summed E-state index contributed by atoms with van der Waals surface area (Å²) >= 11 is 1.33. The van der Waals surface area contributed by atoms with Crippen LogP contribution in [-0.4, -0.2) is 52.9 Å². The van der Waals surface area contributed by atoms with Crippen LogP contribution in [0.2, 0.25) is 0 Å². The summed E-state index contributed by atoms with van der Waals surface area (Å²) in [5.41, 5.74) is 0.772. The number of hydrogen-bond acceptors (Lipinski definition) is 5. The second-order valence-electron chi connectivity index (χ2n) is 8.72. The molecule has 2 heterocycles. The van der Waals surface area contributed by atoms with Crippen LogP contribution < -0.4 is 0 Å². The Hall–Kier alpha value is -1.90. The molecule has 6 nitrogen and oxygen atoms in total. The Morgan fingerprint density at radius 3 is 2.32 bits per heavy atom. The van der Waals surface area contributed by atoms with E-state index in [4.69, 9.17) is 0 Å². The molecule has 0 radical (unpaired) electrons. The van der Waals surface area contributed by atoms with Crippen molar-refractivity contribution in [2.75, 3.05) is 18.8 Å². The minimum absolute atomic E-state index is 0.0215. The van der Waals surface area contributed by atoms with E-state index in [1.54, 1.807) is 12.1 Å². The Bertz CT molecular complexity index is 965. The fourth-order valence-electron chi connectivity index (χ4n) is 3.54. The Balaban J connectivity index is 1.63. The number of sulfonamides is 1. The lowest BCUT2D eigenvalue weighted by atomic mass is 10.0. The summed E-state index contributed by atoms with van der Waals surface area (Å²) in [6.07, 6.45) is 4.28. The Morgan fingerprint density at radius 2 is 1.74 bits per heavy atom. The molecule has 1 aliphatic rings. The van der Waals surface area contributed by atoms with Crippen LogP contribution in [0.4, 0.5) is 0 Å². The normalized spacial score (nSPS) is 15.6. The second kappa shape index (κ2) is 10.1. The summed E-state index contributed by atoms with van der Waals surface area (Å²) in [4.78, 5) is 19.4. The summed E-state index contributed by atoms with van der Waals surface area (Å²) in [5.74, 6) is 0.267. The van der Waals surface area contributed by atoms with Gasteiger partial charge in [0.15, 0.2) is 0 Å². The maximum atomic E-state index is 13.0. The smallest absolute Gasteiger partial charge is 0.244 e. The summed E-state index contributed by atoms with van der Waals surface area (Å²) in [5, 5.41) is 0.638. The number of thioether (sulfide) groups is 1. The second-order valence-corrected chi connectivity index (χ2v) is 11.7. The van der Waals surface area contributed by atoms with E-state index in [2.05, 4.69) is 4.98 Å². The van der Waals surface area contributed by atoms with Gasteiger partial charge in [-0.15, -0.1) is 0 Å². The molecule has 0 bridgehead atoms. The molecule has 1 fully saturated rings. The number of piperidine rings is 1. The highest BCUT2D eigenvalue weighted by atomic mass is 32.2. The van der Waals surface area contributed by atoms with Crippen molar-refractivity contribution in [2.24, 2.45) is 0 Å². The molecule has 0 atom stereocenters. The molecule has 0 unspecified atom stereocenters. The van der Waals surface area contributed by atoms with Gasteiger partial charge in [0, 0.05) is 31.4 Å². The zero-order chi connectivity index (χ0) is 22.5. The third-order valence-electron chi connectivity index (χ3n) is 5.30. The van der Waals surface area contributed by atoms with Gasteiger partial charge in [0.25, 0.3) is 0 Å². The summed E-state index contributed by atoms with van der Waals surface area (Å²) in [6.45, 7) is 7.75. The molecule has 2 aromatic rings. The van der Waals surface area contributed by atoms with Crippen molar-refractivity contribution in [2.45, 2.75) is 62.0 Å². The van der Waals surface area contributed by atoms with Crippen molar-refractivity contribution in [1.29, 1.82) is 0 Å². The van der Waals surface area contributed by atoms with Gasteiger partial charge >= 0.3 is 0 Å². The van der Waals surface area contributed by atoms with Gasteiger partial charge in [0.1, 0.15) is 4.90 Å². The first-order chi connectivity index (χ1) is 14.7. The number of aromatic nitrogens is 1. The van der Waals surface area contributed by atoms with Crippen molar-refractivity contribution in [3.05, 3.63) is 54.2 Å². The van der Waals surface area contributed by atoms with E-state index in [0.717, 1.165) is 24.8 Å². The third-order valence-corrected chi connectivity index (χ3v) is 8.11. The summed E-state index contributed by atoms with van der Waals surface area (Å²) in [6, 6.07) is 13.2. The van der Waals surface area contributed by atoms with Crippen molar-refractivity contribution in [3.63, 3.8) is 0 Å². The van der Waals surface area contributed by atoms with E-state index in [-0.39, 0.29) is 22.1 Å². The maximum absolute atomic E-state index is 13.0. The lowest BCUT2D eigenvalue weighted by Crippen LogP contribution is -2.45. The Labute approximate surface area is 190 Å². The number of carbonyl (C=O) groups excluding carboxylic acids is 1. The minimum atomic E-state index is -3.49. The molecule has 1 saturated heterocycles. The van der Waals surface area contributed by atoms with Crippen LogP contribution in [0.5, 0.6) is 0 Å². The molecular formula is C23H31N3O3S2. The molecule has 3 rings (SSSR count).